The van der Waals surface area contributed by atoms with Crippen LogP contribution in [0.4, 0.5) is 9.59 Å². The van der Waals surface area contributed by atoms with Gasteiger partial charge in [0, 0.05) is 30.6 Å². The van der Waals surface area contributed by atoms with Gasteiger partial charge in [0.05, 0.1) is 39.8 Å². The number of carbonyl (C=O) groups is 3. The summed E-state index contributed by atoms with van der Waals surface area (Å²) in [4.78, 5) is 50.1. The van der Waals surface area contributed by atoms with E-state index in [4.69, 9.17) is 4.74 Å². The van der Waals surface area contributed by atoms with Crippen molar-refractivity contribution in [3.63, 3.8) is 0 Å². The highest BCUT2D eigenvalue weighted by atomic mass is 32.1. The molecular weight excluding hydrogens is 649 g/mol. The number of ether oxygens (including phenoxy) is 1. The zero-order valence-corrected chi connectivity index (χ0v) is 29.3. The molecule has 4 amide bonds. The number of thiazole rings is 2. The van der Waals surface area contributed by atoms with Crippen molar-refractivity contribution in [1.29, 1.82) is 0 Å². The topological polar surface area (TPSA) is 146 Å². The Morgan fingerprint density at radius 2 is 1.58 bits per heavy atom. The van der Waals surface area contributed by atoms with E-state index in [1.807, 2.05) is 66.0 Å². The first-order chi connectivity index (χ1) is 23.1. The number of hydrogen-bond donors (Lipinski definition) is 4. The molecule has 13 heteroatoms. The van der Waals surface area contributed by atoms with Gasteiger partial charge in [-0.25, -0.2) is 14.6 Å². The molecule has 0 saturated carbocycles. The molecule has 0 aliphatic heterocycles. The predicted molar refractivity (Wildman–Crippen MR) is 188 cm³/mol. The fraction of sp³-hybridized carbons (Fsp3) is 0.400. The van der Waals surface area contributed by atoms with Gasteiger partial charge in [-0.1, -0.05) is 74.5 Å². The molecule has 4 atom stereocenters. The van der Waals surface area contributed by atoms with Crippen LogP contribution in [0.1, 0.15) is 59.8 Å². The molecule has 256 valence electrons. The van der Waals surface area contributed by atoms with Crippen LogP contribution in [-0.4, -0.2) is 69.3 Å². The van der Waals surface area contributed by atoms with Gasteiger partial charge in [-0.15, -0.1) is 22.7 Å². The number of nitrogens with zero attached hydrogens (tertiary/aromatic N) is 3. The number of aromatic nitrogens is 2. The summed E-state index contributed by atoms with van der Waals surface area (Å²) in [6.45, 7) is 6.15. The average Bonchev–Trinajstić information content (AvgIpc) is 3.77. The second kappa shape index (κ2) is 18.3. The Balaban J connectivity index is 1.41. The highest BCUT2D eigenvalue weighted by Crippen LogP contribution is 2.20. The van der Waals surface area contributed by atoms with Crippen LogP contribution < -0.4 is 16.0 Å². The average molecular weight is 693 g/mol. The van der Waals surface area contributed by atoms with Crippen LogP contribution in [0.5, 0.6) is 0 Å². The number of aliphatic hydroxyl groups is 1. The number of carbonyl (C=O) groups excluding carboxylic acids is 3. The van der Waals surface area contributed by atoms with E-state index in [-0.39, 0.29) is 13.0 Å². The van der Waals surface area contributed by atoms with Gasteiger partial charge in [0.25, 0.3) is 0 Å². The minimum Gasteiger partial charge on any atom is -0.444 e. The summed E-state index contributed by atoms with van der Waals surface area (Å²) in [6.07, 6.45) is 0.844. The Kier molecular flexibility index (Phi) is 13.9. The molecule has 2 aromatic heterocycles. The molecule has 0 aliphatic rings. The SMILES string of the molecule is CC(C)c1nc(CN(C)C(=O)N[C@@H](C)C(=O)N[C@@H](Cc2ccccc2)C[C@H](O)[C@H](Cc2ccccc2)NC(=O)OCc2cncs2)cs1. The third-order valence-corrected chi connectivity index (χ3v) is 9.58. The number of nitrogens with one attached hydrogen (secondary N) is 3. The molecule has 0 bridgehead atoms. The molecule has 2 heterocycles. The summed E-state index contributed by atoms with van der Waals surface area (Å²) in [7, 11) is 1.66. The van der Waals surface area contributed by atoms with Crippen LogP contribution in [0.3, 0.4) is 0 Å². The van der Waals surface area contributed by atoms with Gasteiger partial charge in [0.15, 0.2) is 0 Å². The van der Waals surface area contributed by atoms with Gasteiger partial charge in [0.2, 0.25) is 5.91 Å². The molecule has 0 spiro atoms. The van der Waals surface area contributed by atoms with Crippen LogP contribution in [0.15, 0.2) is 77.8 Å². The van der Waals surface area contributed by atoms with Crippen molar-refractivity contribution in [2.24, 2.45) is 0 Å². The fourth-order valence-electron chi connectivity index (χ4n) is 5.00. The third-order valence-electron chi connectivity index (χ3n) is 7.63. The second-order valence-electron chi connectivity index (χ2n) is 12.0. The van der Waals surface area contributed by atoms with E-state index < -0.39 is 42.3 Å². The monoisotopic (exact) mass is 692 g/mol. The van der Waals surface area contributed by atoms with E-state index in [9.17, 15) is 19.5 Å². The second-order valence-corrected chi connectivity index (χ2v) is 13.9. The number of urea groups is 1. The quantitative estimate of drug-likeness (QED) is 0.125. The standard InChI is InChI=1S/C35H44N6O5S2/c1-23(2)33-39-28(21-47-33)19-41(4)34(44)37-24(3)32(43)38-27(15-25-11-7-5-8-12-25)17-31(42)30(16-26-13-9-6-10-14-26)40-35(45)46-20-29-18-36-22-48-29/h5-14,18,21-24,27,30-31,42H,15-17,19-20H2,1-4H3,(H,37,44)(H,38,43)(H,40,45)/t24-,27-,30-,31-/m0/s1. The third kappa shape index (κ3) is 11.7. The smallest absolute Gasteiger partial charge is 0.407 e. The maximum absolute atomic E-state index is 13.4. The molecule has 0 radical (unpaired) electrons. The van der Waals surface area contributed by atoms with Crippen molar-refractivity contribution >= 4 is 40.7 Å². The van der Waals surface area contributed by atoms with Gasteiger partial charge in [-0.05, 0) is 37.3 Å². The van der Waals surface area contributed by atoms with Crippen LogP contribution in [0, 0.1) is 0 Å². The highest BCUT2D eigenvalue weighted by Gasteiger charge is 2.28. The Morgan fingerprint density at radius 3 is 2.19 bits per heavy atom. The summed E-state index contributed by atoms with van der Waals surface area (Å²) in [6, 6.07) is 16.7. The number of benzene rings is 2. The molecule has 2 aromatic carbocycles. The van der Waals surface area contributed by atoms with E-state index in [1.165, 1.54) is 16.2 Å². The molecule has 4 N–H and O–H groups in total. The summed E-state index contributed by atoms with van der Waals surface area (Å²) >= 11 is 2.94. The molecule has 4 aromatic rings. The molecule has 48 heavy (non-hydrogen) atoms. The Morgan fingerprint density at radius 1 is 0.917 bits per heavy atom. The molecule has 0 saturated heterocycles. The maximum Gasteiger partial charge on any atom is 0.407 e. The van der Waals surface area contributed by atoms with Crippen molar-refractivity contribution in [2.45, 2.75) is 83.3 Å². The van der Waals surface area contributed by atoms with E-state index in [0.717, 1.165) is 26.7 Å². The molecule has 11 nitrogen and oxygen atoms in total. The van der Waals surface area contributed by atoms with Gasteiger partial charge in [-0.3, -0.25) is 9.78 Å². The lowest BCUT2D eigenvalue weighted by molar-refractivity contribution is -0.123. The number of alkyl carbamates (subject to hydrolysis) is 1. The van der Waals surface area contributed by atoms with Crippen molar-refractivity contribution in [2.75, 3.05) is 7.05 Å². The highest BCUT2D eigenvalue weighted by molar-refractivity contribution is 7.09. The Labute approximate surface area is 289 Å². The van der Waals surface area contributed by atoms with E-state index in [1.54, 1.807) is 37.0 Å². The molecule has 0 aliphatic carbocycles. The zero-order chi connectivity index (χ0) is 34.5. The number of rotatable bonds is 16. The number of hydrogen-bond acceptors (Lipinski definition) is 9. The van der Waals surface area contributed by atoms with Crippen molar-refractivity contribution in [3.05, 3.63) is 104 Å². The first-order valence-electron chi connectivity index (χ1n) is 15.9. The van der Waals surface area contributed by atoms with Crippen LogP contribution in [0.25, 0.3) is 0 Å². The summed E-state index contributed by atoms with van der Waals surface area (Å²) in [5, 5.41) is 23.1. The molecule has 0 unspecified atom stereocenters. The Bertz CT molecular complexity index is 1570. The van der Waals surface area contributed by atoms with Crippen LogP contribution >= 0.6 is 22.7 Å². The van der Waals surface area contributed by atoms with E-state index in [2.05, 4.69) is 39.8 Å². The lowest BCUT2D eigenvalue weighted by Gasteiger charge is -2.29. The van der Waals surface area contributed by atoms with Crippen molar-refractivity contribution < 1.29 is 24.2 Å². The first-order valence-corrected chi connectivity index (χ1v) is 17.7. The maximum atomic E-state index is 13.4. The van der Waals surface area contributed by atoms with Crippen molar-refractivity contribution in [3.8, 4) is 0 Å². The lowest BCUT2D eigenvalue weighted by Crippen LogP contribution is -2.53. The summed E-state index contributed by atoms with van der Waals surface area (Å²) in [5.74, 6) is -0.0847. The first kappa shape index (κ1) is 36.5. The van der Waals surface area contributed by atoms with Crippen LogP contribution in [0.2, 0.25) is 0 Å². The Hall–Kier alpha value is -4.33. The lowest BCUT2D eigenvalue weighted by atomic mass is 9.93. The molecule has 4 rings (SSSR count). The molecule has 0 fully saturated rings. The largest absolute Gasteiger partial charge is 0.444 e. The number of amides is 4. The minimum atomic E-state index is -1.04. The predicted octanol–water partition coefficient (Wildman–Crippen LogP) is 5.27. The summed E-state index contributed by atoms with van der Waals surface area (Å²) < 4.78 is 5.40. The fourth-order valence-corrected chi connectivity index (χ4v) is 6.34. The zero-order valence-electron chi connectivity index (χ0n) is 27.7. The van der Waals surface area contributed by atoms with Crippen molar-refractivity contribution in [1.82, 2.24) is 30.8 Å². The van der Waals surface area contributed by atoms with Crippen LogP contribution in [-0.2, 0) is 35.5 Å². The van der Waals surface area contributed by atoms with Gasteiger partial charge >= 0.3 is 12.1 Å². The normalized spacial score (nSPS) is 13.6. The van der Waals surface area contributed by atoms with Gasteiger partial charge in [-0.2, -0.15) is 0 Å². The van der Waals surface area contributed by atoms with Gasteiger partial charge in [0.1, 0.15) is 12.6 Å². The molecular formula is C35H44N6O5S2. The van der Waals surface area contributed by atoms with E-state index in [0.29, 0.717) is 25.3 Å². The van der Waals surface area contributed by atoms with Gasteiger partial charge < -0.3 is 30.7 Å². The summed E-state index contributed by atoms with van der Waals surface area (Å²) in [5.41, 5.74) is 4.34. The number of aliphatic hydroxyl groups excluding tert-OH is 1. The minimum absolute atomic E-state index is 0.0683. The van der Waals surface area contributed by atoms with E-state index >= 15 is 0 Å².